The molecule has 1 atom stereocenters. The fourth-order valence-electron chi connectivity index (χ4n) is 2.45. The number of nitrogens with one attached hydrogen (secondary N) is 1. The maximum atomic E-state index is 12.0. The number of aromatic nitrogens is 4. The monoisotopic (exact) mass is 301 g/mol. The van der Waals surface area contributed by atoms with Gasteiger partial charge in [0.05, 0.1) is 18.8 Å². The Balaban J connectivity index is 1.61. The standard InChI is InChI=1S/C15H19N5O2/c1-20-7-5-13(19-20)15(21)17-9-12-4-6-16-14(18-12)11-3-2-8-22-10-11/h4-7,11H,2-3,8-10H2,1H3,(H,17,21)/t11-/m1/s1. The lowest BCUT2D eigenvalue weighted by Crippen LogP contribution is -2.25. The highest BCUT2D eigenvalue weighted by molar-refractivity contribution is 5.92. The molecule has 1 saturated heterocycles. The van der Waals surface area contributed by atoms with E-state index in [9.17, 15) is 4.79 Å². The van der Waals surface area contributed by atoms with Gasteiger partial charge in [0, 0.05) is 32.0 Å². The molecule has 7 nitrogen and oxygen atoms in total. The van der Waals surface area contributed by atoms with Gasteiger partial charge in [-0.1, -0.05) is 0 Å². The summed E-state index contributed by atoms with van der Waals surface area (Å²) < 4.78 is 7.07. The summed E-state index contributed by atoms with van der Waals surface area (Å²) in [6.07, 6.45) is 5.55. The number of nitrogens with zero attached hydrogens (tertiary/aromatic N) is 4. The van der Waals surface area contributed by atoms with Crippen LogP contribution in [0.5, 0.6) is 0 Å². The molecule has 0 saturated carbocycles. The second-order valence-electron chi connectivity index (χ2n) is 5.38. The largest absolute Gasteiger partial charge is 0.381 e. The minimum Gasteiger partial charge on any atom is -0.381 e. The molecular formula is C15H19N5O2. The van der Waals surface area contributed by atoms with Crippen LogP contribution in [0.2, 0.25) is 0 Å². The lowest BCUT2D eigenvalue weighted by atomic mass is 10.0. The highest BCUT2D eigenvalue weighted by atomic mass is 16.5. The summed E-state index contributed by atoms with van der Waals surface area (Å²) in [6, 6.07) is 3.49. The van der Waals surface area contributed by atoms with Crippen molar-refractivity contribution in [2.45, 2.75) is 25.3 Å². The van der Waals surface area contributed by atoms with Gasteiger partial charge in [0.1, 0.15) is 11.5 Å². The van der Waals surface area contributed by atoms with Gasteiger partial charge < -0.3 is 10.1 Å². The Morgan fingerprint density at radius 3 is 3.14 bits per heavy atom. The zero-order valence-electron chi connectivity index (χ0n) is 12.5. The number of amides is 1. The predicted molar refractivity (Wildman–Crippen MR) is 79.2 cm³/mol. The molecule has 0 unspecified atom stereocenters. The molecular weight excluding hydrogens is 282 g/mol. The third-order valence-electron chi connectivity index (χ3n) is 3.63. The summed E-state index contributed by atoms with van der Waals surface area (Å²) in [7, 11) is 1.78. The van der Waals surface area contributed by atoms with Crippen molar-refractivity contribution in [1.82, 2.24) is 25.1 Å². The number of aryl methyl sites for hydroxylation is 1. The van der Waals surface area contributed by atoms with E-state index in [4.69, 9.17) is 4.74 Å². The lowest BCUT2D eigenvalue weighted by molar-refractivity contribution is 0.0779. The third kappa shape index (κ3) is 3.48. The van der Waals surface area contributed by atoms with Crippen molar-refractivity contribution in [2.75, 3.05) is 13.2 Å². The summed E-state index contributed by atoms with van der Waals surface area (Å²) in [6.45, 7) is 1.85. The summed E-state index contributed by atoms with van der Waals surface area (Å²) in [5.41, 5.74) is 1.19. The van der Waals surface area contributed by atoms with Crippen LogP contribution in [0.3, 0.4) is 0 Å². The van der Waals surface area contributed by atoms with Gasteiger partial charge >= 0.3 is 0 Å². The van der Waals surface area contributed by atoms with E-state index in [1.165, 1.54) is 0 Å². The molecule has 1 aliphatic heterocycles. The van der Waals surface area contributed by atoms with Crippen LogP contribution < -0.4 is 5.32 Å². The minimum absolute atomic E-state index is 0.207. The van der Waals surface area contributed by atoms with Gasteiger partial charge in [-0.15, -0.1) is 0 Å². The first-order chi connectivity index (χ1) is 10.7. The first kappa shape index (κ1) is 14.6. The molecule has 2 aromatic rings. The third-order valence-corrected chi connectivity index (χ3v) is 3.63. The maximum absolute atomic E-state index is 12.0. The summed E-state index contributed by atoms with van der Waals surface area (Å²) in [5, 5.41) is 6.89. The van der Waals surface area contributed by atoms with Gasteiger partial charge in [0.2, 0.25) is 0 Å². The van der Waals surface area contributed by atoms with Crippen LogP contribution in [0.1, 0.15) is 40.8 Å². The van der Waals surface area contributed by atoms with Crippen LogP contribution in [-0.4, -0.2) is 38.9 Å². The predicted octanol–water partition coefficient (Wildman–Crippen LogP) is 1.03. The van der Waals surface area contributed by atoms with Gasteiger partial charge in [0.25, 0.3) is 5.91 Å². The Hall–Kier alpha value is -2.28. The zero-order valence-corrected chi connectivity index (χ0v) is 12.5. The maximum Gasteiger partial charge on any atom is 0.272 e. The molecule has 7 heteroatoms. The van der Waals surface area contributed by atoms with E-state index in [-0.39, 0.29) is 11.8 Å². The average molecular weight is 301 g/mol. The highest BCUT2D eigenvalue weighted by Gasteiger charge is 2.19. The van der Waals surface area contributed by atoms with E-state index >= 15 is 0 Å². The Labute approximate surface area is 128 Å². The van der Waals surface area contributed by atoms with Crippen LogP contribution in [-0.2, 0) is 18.3 Å². The summed E-state index contributed by atoms with van der Waals surface area (Å²) >= 11 is 0. The van der Waals surface area contributed by atoms with E-state index in [2.05, 4.69) is 20.4 Å². The Morgan fingerprint density at radius 1 is 1.50 bits per heavy atom. The molecule has 0 aliphatic carbocycles. The molecule has 22 heavy (non-hydrogen) atoms. The number of ether oxygens (including phenoxy) is 1. The van der Waals surface area contributed by atoms with Gasteiger partial charge in [-0.25, -0.2) is 9.97 Å². The van der Waals surface area contributed by atoms with Gasteiger partial charge in [-0.05, 0) is 25.0 Å². The zero-order chi connectivity index (χ0) is 15.4. The van der Waals surface area contributed by atoms with Crippen molar-refractivity contribution in [3.8, 4) is 0 Å². The summed E-state index contributed by atoms with van der Waals surface area (Å²) in [5.74, 6) is 0.839. The van der Waals surface area contributed by atoms with Crippen molar-refractivity contribution in [3.05, 3.63) is 41.7 Å². The number of hydrogen-bond acceptors (Lipinski definition) is 5. The Bertz CT molecular complexity index is 649. The van der Waals surface area contributed by atoms with E-state index in [1.54, 1.807) is 30.2 Å². The second-order valence-corrected chi connectivity index (χ2v) is 5.38. The first-order valence-electron chi connectivity index (χ1n) is 7.40. The molecule has 0 bridgehead atoms. The molecule has 1 N–H and O–H groups in total. The van der Waals surface area contributed by atoms with Gasteiger partial charge in [-0.2, -0.15) is 5.10 Å². The van der Waals surface area contributed by atoms with Gasteiger partial charge in [0.15, 0.2) is 0 Å². The van der Waals surface area contributed by atoms with Crippen molar-refractivity contribution in [1.29, 1.82) is 0 Å². The van der Waals surface area contributed by atoms with Crippen LogP contribution >= 0.6 is 0 Å². The molecule has 3 rings (SSSR count). The fraction of sp³-hybridized carbons (Fsp3) is 0.467. The molecule has 0 spiro atoms. The molecule has 1 amide bonds. The Morgan fingerprint density at radius 2 is 2.41 bits per heavy atom. The lowest BCUT2D eigenvalue weighted by Gasteiger charge is -2.20. The van der Waals surface area contributed by atoms with Gasteiger partial charge in [-0.3, -0.25) is 9.48 Å². The molecule has 2 aromatic heterocycles. The van der Waals surface area contributed by atoms with E-state index in [1.807, 2.05) is 6.07 Å². The van der Waals surface area contributed by atoms with Crippen LogP contribution in [0.15, 0.2) is 24.5 Å². The van der Waals surface area contributed by atoms with Crippen molar-refractivity contribution in [3.63, 3.8) is 0 Å². The van der Waals surface area contributed by atoms with E-state index < -0.39 is 0 Å². The molecule has 116 valence electrons. The number of rotatable bonds is 4. The SMILES string of the molecule is Cn1ccc(C(=O)NCc2ccnc([C@@H]3CCCOC3)n2)n1. The molecule has 0 radical (unpaired) electrons. The quantitative estimate of drug-likeness (QED) is 0.912. The van der Waals surface area contributed by atoms with Crippen LogP contribution in [0.4, 0.5) is 0 Å². The number of carbonyl (C=O) groups is 1. The average Bonchev–Trinajstić information content (AvgIpc) is 3.00. The smallest absolute Gasteiger partial charge is 0.272 e. The normalized spacial score (nSPS) is 18.1. The Kier molecular flexibility index (Phi) is 4.43. The van der Waals surface area contributed by atoms with E-state index in [0.29, 0.717) is 18.8 Å². The topological polar surface area (TPSA) is 81.9 Å². The number of carbonyl (C=O) groups excluding carboxylic acids is 1. The first-order valence-corrected chi connectivity index (χ1v) is 7.40. The highest BCUT2D eigenvalue weighted by Crippen LogP contribution is 2.22. The van der Waals surface area contributed by atoms with Crippen LogP contribution in [0, 0.1) is 0 Å². The fourth-order valence-corrected chi connectivity index (χ4v) is 2.45. The van der Waals surface area contributed by atoms with Crippen molar-refractivity contribution in [2.24, 2.45) is 7.05 Å². The molecule has 1 aliphatic rings. The molecule has 1 fully saturated rings. The number of hydrogen-bond donors (Lipinski definition) is 1. The van der Waals surface area contributed by atoms with Crippen LogP contribution in [0.25, 0.3) is 0 Å². The van der Waals surface area contributed by atoms with Crippen molar-refractivity contribution < 1.29 is 9.53 Å². The molecule has 3 heterocycles. The second kappa shape index (κ2) is 6.65. The van der Waals surface area contributed by atoms with E-state index in [0.717, 1.165) is 31.0 Å². The van der Waals surface area contributed by atoms with Crippen molar-refractivity contribution >= 4 is 5.91 Å². The molecule has 0 aromatic carbocycles. The minimum atomic E-state index is -0.207. The summed E-state index contributed by atoms with van der Waals surface area (Å²) in [4.78, 5) is 20.8.